The molecule has 3 N–H and O–H groups in total. The molecule has 0 bridgehead atoms. The molecule has 0 aliphatic rings. The SMILES string of the molecule is Cc1cc(F)cc(NC(=O)c2cc(N)ncc2Cl)c1. The lowest BCUT2D eigenvalue weighted by molar-refractivity contribution is 0.102. The molecule has 2 rings (SSSR count). The van der Waals surface area contributed by atoms with E-state index in [9.17, 15) is 9.18 Å². The number of pyridine rings is 1. The Morgan fingerprint density at radius 3 is 2.79 bits per heavy atom. The van der Waals surface area contributed by atoms with Gasteiger partial charge in [-0.05, 0) is 36.8 Å². The standard InChI is InChI=1S/C13H11ClFN3O/c1-7-2-8(15)4-9(3-7)18-13(19)10-5-12(16)17-6-11(10)14/h2-6H,1H3,(H2,16,17)(H,18,19). The van der Waals surface area contributed by atoms with Gasteiger partial charge in [0.15, 0.2) is 0 Å². The number of carbonyl (C=O) groups excluding carboxylic acids is 1. The van der Waals surface area contributed by atoms with Crippen molar-refractivity contribution >= 4 is 29.0 Å². The molecule has 0 saturated heterocycles. The van der Waals surface area contributed by atoms with Crippen LogP contribution in [0.4, 0.5) is 15.9 Å². The Balaban J connectivity index is 2.28. The Morgan fingerprint density at radius 2 is 2.11 bits per heavy atom. The first-order chi connectivity index (χ1) is 8.95. The Kier molecular flexibility index (Phi) is 3.66. The molecule has 0 unspecified atom stereocenters. The van der Waals surface area contributed by atoms with E-state index in [0.717, 1.165) is 0 Å². The number of hydrogen-bond donors (Lipinski definition) is 2. The molecule has 6 heteroatoms. The van der Waals surface area contributed by atoms with Gasteiger partial charge < -0.3 is 11.1 Å². The van der Waals surface area contributed by atoms with Crippen molar-refractivity contribution < 1.29 is 9.18 Å². The van der Waals surface area contributed by atoms with Crippen molar-refractivity contribution in [1.29, 1.82) is 0 Å². The zero-order valence-corrected chi connectivity index (χ0v) is 10.8. The second-order valence-corrected chi connectivity index (χ2v) is 4.47. The number of anilines is 2. The number of aryl methyl sites for hydroxylation is 1. The molecule has 0 fully saturated rings. The second-order valence-electron chi connectivity index (χ2n) is 4.06. The first kappa shape index (κ1) is 13.3. The maximum Gasteiger partial charge on any atom is 0.257 e. The predicted molar refractivity (Wildman–Crippen MR) is 72.7 cm³/mol. The van der Waals surface area contributed by atoms with Crippen LogP contribution in [0.3, 0.4) is 0 Å². The molecule has 1 aromatic heterocycles. The molecule has 19 heavy (non-hydrogen) atoms. The van der Waals surface area contributed by atoms with Crippen molar-refractivity contribution in [3.8, 4) is 0 Å². The Labute approximate surface area is 114 Å². The molecular formula is C13H11ClFN3O. The smallest absolute Gasteiger partial charge is 0.257 e. The largest absolute Gasteiger partial charge is 0.384 e. The molecule has 0 aliphatic carbocycles. The van der Waals surface area contributed by atoms with Gasteiger partial charge in [-0.1, -0.05) is 11.6 Å². The number of rotatable bonds is 2. The molecule has 1 aromatic carbocycles. The summed E-state index contributed by atoms with van der Waals surface area (Å²) in [6.07, 6.45) is 1.29. The van der Waals surface area contributed by atoms with Crippen LogP contribution in [-0.4, -0.2) is 10.9 Å². The van der Waals surface area contributed by atoms with Crippen LogP contribution in [0, 0.1) is 12.7 Å². The molecule has 1 amide bonds. The highest BCUT2D eigenvalue weighted by Crippen LogP contribution is 2.19. The first-order valence-electron chi connectivity index (χ1n) is 5.45. The number of benzene rings is 1. The average molecular weight is 280 g/mol. The van der Waals surface area contributed by atoms with Crippen LogP contribution in [0.15, 0.2) is 30.5 Å². The lowest BCUT2D eigenvalue weighted by atomic mass is 10.2. The Bertz CT molecular complexity index is 626. The molecule has 0 aliphatic heterocycles. The monoisotopic (exact) mass is 279 g/mol. The summed E-state index contributed by atoms with van der Waals surface area (Å²) in [6, 6.07) is 5.61. The third-order valence-corrected chi connectivity index (χ3v) is 2.72. The second kappa shape index (κ2) is 5.24. The fourth-order valence-electron chi connectivity index (χ4n) is 1.64. The fraction of sp³-hybridized carbons (Fsp3) is 0.0769. The van der Waals surface area contributed by atoms with Gasteiger partial charge in [0, 0.05) is 11.9 Å². The van der Waals surface area contributed by atoms with E-state index in [-0.39, 0.29) is 16.4 Å². The van der Waals surface area contributed by atoms with Crippen LogP contribution in [0.5, 0.6) is 0 Å². The molecule has 0 saturated carbocycles. The summed E-state index contributed by atoms with van der Waals surface area (Å²) in [6.45, 7) is 1.73. The van der Waals surface area contributed by atoms with Crippen molar-refractivity contribution in [2.75, 3.05) is 11.1 Å². The van der Waals surface area contributed by atoms with Crippen molar-refractivity contribution in [3.63, 3.8) is 0 Å². The van der Waals surface area contributed by atoms with Crippen LogP contribution in [0.1, 0.15) is 15.9 Å². The average Bonchev–Trinajstić information content (AvgIpc) is 2.30. The molecule has 1 heterocycles. The van der Waals surface area contributed by atoms with Gasteiger partial charge in [0.1, 0.15) is 11.6 Å². The van der Waals surface area contributed by atoms with Crippen LogP contribution in [-0.2, 0) is 0 Å². The van der Waals surface area contributed by atoms with E-state index in [1.807, 2.05) is 0 Å². The van der Waals surface area contributed by atoms with E-state index in [1.165, 1.54) is 24.4 Å². The van der Waals surface area contributed by atoms with E-state index >= 15 is 0 Å². The maximum absolute atomic E-state index is 13.2. The van der Waals surface area contributed by atoms with E-state index < -0.39 is 11.7 Å². The third kappa shape index (κ3) is 3.20. The highest BCUT2D eigenvalue weighted by Gasteiger charge is 2.12. The van der Waals surface area contributed by atoms with Crippen LogP contribution in [0.25, 0.3) is 0 Å². The molecule has 0 spiro atoms. The van der Waals surface area contributed by atoms with Gasteiger partial charge in [-0.3, -0.25) is 4.79 Å². The summed E-state index contributed by atoms with van der Waals surface area (Å²) in [7, 11) is 0. The molecule has 2 aromatic rings. The van der Waals surface area contributed by atoms with Gasteiger partial charge in [-0.15, -0.1) is 0 Å². The Morgan fingerprint density at radius 1 is 1.37 bits per heavy atom. The summed E-state index contributed by atoms with van der Waals surface area (Å²) in [5.74, 6) is -0.704. The zero-order valence-electron chi connectivity index (χ0n) is 10.1. The van der Waals surface area contributed by atoms with Crippen LogP contribution < -0.4 is 11.1 Å². The fourth-order valence-corrected chi connectivity index (χ4v) is 1.82. The van der Waals surface area contributed by atoms with Gasteiger partial charge >= 0.3 is 0 Å². The highest BCUT2D eigenvalue weighted by molar-refractivity contribution is 6.34. The first-order valence-corrected chi connectivity index (χ1v) is 5.83. The number of nitrogens with one attached hydrogen (secondary N) is 1. The minimum absolute atomic E-state index is 0.180. The molecule has 0 radical (unpaired) electrons. The van der Waals surface area contributed by atoms with Gasteiger partial charge in [-0.2, -0.15) is 0 Å². The number of nitrogen functional groups attached to an aromatic ring is 1. The number of amides is 1. The van der Waals surface area contributed by atoms with E-state index in [4.69, 9.17) is 17.3 Å². The zero-order chi connectivity index (χ0) is 14.0. The van der Waals surface area contributed by atoms with Crippen molar-refractivity contribution in [2.24, 2.45) is 0 Å². The quantitative estimate of drug-likeness (QED) is 0.888. The molecule has 0 atom stereocenters. The van der Waals surface area contributed by atoms with E-state index in [2.05, 4.69) is 10.3 Å². The normalized spacial score (nSPS) is 10.3. The van der Waals surface area contributed by atoms with E-state index in [0.29, 0.717) is 11.3 Å². The summed E-state index contributed by atoms with van der Waals surface area (Å²) < 4.78 is 13.2. The summed E-state index contributed by atoms with van der Waals surface area (Å²) >= 11 is 5.87. The van der Waals surface area contributed by atoms with Crippen LogP contribution >= 0.6 is 11.6 Å². The third-order valence-electron chi connectivity index (χ3n) is 2.42. The number of carbonyl (C=O) groups is 1. The van der Waals surface area contributed by atoms with Gasteiger partial charge in [0.2, 0.25) is 0 Å². The number of hydrogen-bond acceptors (Lipinski definition) is 3. The lowest BCUT2D eigenvalue weighted by Crippen LogP contribution is -2.13. The Hall–Kier alpha value is -2.14. The number of halogens is 2. The van der Waals surface area contributed by atoms with Crippen molar-refractivity contribution in [3.05, 3.63) is 52.4 Å². The topological polar surface area (TPSA) is 68.0 Å². The maximum atomic E-state index is 13.2. The number of nitrogens with two attached hydrogens (primary N) is 1. The summed E-state index contributed by atoms with van der Waals surface area (Å²) in [5.41, 5.74) is 6.75. The van der Waals surface area contributed by atoms with E-state index in [1.54, 1.807) is 13.0 Å². The number of aromatic nitrogens is 1. The molecular weight excluding hydrogens is 269 g/mol. The molecule has 4 nitrogen and oxygen atoms in total. The van der Waals surface area contributed by atoms with Gasteiger partial charge in [-0.25, -0.2) is 9.37 Å². The van der Waals surface area contributed by atoms with Crippen LogP contribution in [0.2, 0.25) is 5.02 Å². The summed E-state index contributed by atoms with van der Waals surface area (Å²) in [5, 5.41) is 2.74. The van der Waals surface area contributed by atoms with Crippen molar-refractivity contribution in [2.45, 2.75) is 6.92 Å². The number of nitrogens with zero attached hydrogens (tertiary/aromatic N) is 1. The summed E-state index contributed by atoms with van der Waals surface area (Å²) in [4.78, 5) is 15.8. The van der Waals surface area contributed by atoms with Gasteiger partial charge in [0.05, 0.1) is 10.6 Å². The van der Waals surface area contributed by atoms with Gasteiger partial charge in [0.25, 0.3) is 5.91 Å². The minimum Gasteiger partial charge on any atom is -0.384 e. The minimum atomic E-state index is -0.468. The van der Waals surface area contributed by atoms with Crippen molar-refractivity contribution in [1.82, 2.24) is 4.98 Å². The lowest BCUT2D eigenvalue weighted by Gasteiger charge is -2.08. The highest BCUT2D eigenvalue weighted by atomic mass is 35.5. The predicted octanol–water partition coefficient (Wildman–Crippen LogP) is 3.02. The molecule has 98 valence electrons.